The van der Waals surface area contributed by atoms with Gasteiger partial charge in [-0.25, -0.2) is 9.37 Å². The third-order valence-electron chi connectivity index (χ3n) is 3.44. The standard InChI is InChI=1S/C16H23FN4/c1-3-9-18-15(13-7-5-6-8-14(13)17)11-16-19-12-20-21(16)10-4-2/h5-8,12,15,18H,3-4,9-11H2,1-2H3. The number of rotatable bonds is 8. The van der Waals surface area contributed by atoms with E-state index in [2.05, 4.69) is 29.2 Å². The molecule has 2 rings (SSSR count). The Balaban J connectivity index is 2.20. The quantitative estimate of drug-likeness (QED) is 0.812. The molecule has 0 saturated carbocycles. The van der Waals surface area contributed by atoms with Crippen LogP contribution in [0.5, 0.6) is 0 Å². The van der Waals surface area contributed by atoms with Gasteiger partial charge in [-0.1, -0.05) is 32.0 Å². The second kappa shape index (κ2) is 7.88. The number of hydrogen-bond donors (Lipinski definition) is 1. The monoisotopic (exact) mass is 290 g/mol. The van der Waals surface area contributed by atoms with Gasteiger partial charge in [-0.3, -0.25) is 4.68 Å². The summed E-state index contributed by atoms with van der Waals surface area (Å²) in [4.78, 5) is 4.33. The lowest BCUT2D eigenvalue weighted by atomic mass is 10.0. The average molecular weight is 290 g/mol. The Labute approximate surface area is 125 Å². The second-order valence-corrected chi connectivity index (χ2v) is 5.13. The summed E-state index contributed by atoms with van der Waals surface area (Å²) in [5.74, 6) is 0.723. The molecule has 0 fully saturated rings. The number of benzene rings is 1. The highest BCUT2D eigenvalue weighted by atomic mass is 19.1. The van der Waals surface area contributed by atoms with E-state index in [0.29, 0.717) is 12.0 Å². The molecule has 0 amide bonds. The van der Waals surface area contributed by atoms with Gasteiger partial charge in [-0.05, 0) is 25.5 Å². The lowest BCUT2D eigenvalue weighted by Crippen LogP contribution is -2.26. The molecule has 0 aliphatic rings. The molecule has 1 N–H and O–H groups in total. The first-order valence-electron chi connectivity index (χ1n) is 7.60. The maximum Gasteiger partial charge on any atom is 0.138 e. The largest absolute Gasteiger partial charge is 0.309 e. The van der Waals surface area contributed by atoms with Gasteiger partial charge in [0.1, 0.15) is 18.0 Å². The molecule has 0 saturated heterocycles. The highest BCUT2D eigenvalue weighted by Crippen LogP contribution is 2.20. The van der Waals surface area contributed by atoms with Crippen LogP contribution in [0.3, 0.4) is 0 Å². The lowest BCUT2D eigenvalue weighted by molar-refractivity contribution is 0.469. The van der Waals surface area contributed by atoms with Gasteiger partial charge in [0.15, 0.2) is 0 Å². The second-order valence-electron chi connectivity index (χ2n) is 5.13. The fourth-order valence-electron chi connectivity index (χ4n) is 2.40. The molecule has 21 heavy (non-hydrogen) atoms. The van der Waals surface area contributed by atoms with Crippen LogP contribution in [0.2, 0.25) is 0 Å². The first-order chi connectivity index (χ1) is 10.3. The van der Waals surface area contributed by atoms with Crippen LogP contribution >= 0.6 is 0 Å². The van der Waals surface area contributed by atoms with Crippen molar-refractivity contribution in [3.8, 4) is 0 Å². The van der Waals surface area contributed by atoms with Crippen molar-refractivity contribution in [1.82, 2.24) is 20.1 Å². The number of aryl methyl sites for hydroxylation is 1. The Kier molecular flexibility index (Phi) is 5.87. The first kappa shape index (κ1) is 15.6. The topological polar surface area (TPSA) is 42.7 Å². The Bertz CT molecular complexity index is 553. The van der Waals surface area contributed by atoms with Gasteiger partial charge in [-0.15, -0.1) is 0 Å². The summed E-state index contributed by atoms with van der Waals surface area (Å²) in [6.07, 6.45) is 4.22. The van der Waals surface area contributed by atoms with Crippen LogP contribution < -0.4 is 5.32 Å². The molecular weight excluding hydrogens is 267 g/mol. The maximum atomic E-state index is 14.1. The predicted molar refractivity (Wildman–Crippen MR) is 81.5 cm³/mol. The number of halogens is 1. The summed E-state index contributed by atoms with van der Waals surface area (Å²) in [5.41, 5.74) is 0.692. The molecule has 1 heterocycles. The van der Waals surface area contributed by atoms with E-state index < -0.39 is 0 Å². The number of hydrogen-bond acceptors (Lipinski definition) is 3. The minimum absolute atomic E-state index is 0.0778. The first-order valence-corrected chi connectivity index (χ1v) is 7.60. The molecular formula is C16H23FN4. The van der Waals surface area contributed by atoms with Gasteiger partial charge in [0.25, 0.3) is 0 Å². The molecule has 5 heteroatoms. The molecule has 0 bridgehead atoms. The van der Waals surface area contributed by atoms with E-state index in [4.69, 9.17) is 0 Å². The summed E-state index contributed by atoms with van der Waals surface area (Å²) in [7, 11) is 0. The molecule has 1 aromatic heterocycles. The van der Waals surface area contributed by atoms with E-state index in [0.717, 1.165) is 31.8 Å². The Morgan fingerprint density at radius 1 is 1.24 bits per heavy atom. The fourth-order valence-corrected chi connectivity index (χ4v) is 2.40. The van der Waals surface area contributed by atoms with E-state index in [9.17, 15) is 4.39 Å². The zero-order valence-corrected chi connectivity index (χ0v) is 12.7. The van der Waals surface area contributed by atoms with E-state index in [1.54, 1.807) is 12.4 Å². The number of nitrogens with zero attached hydrogens (tertiary/aromatic N) is 3. The Morgan fingerprint density at radius 2 is 2.05 bits per heavy atom. The number of aromatic nitrogens is 3. The molecule has 2 aromatic rings. The van der Waals surface area contributed by atoms with Gasteiger partial charge >= 0.3 is 0 Å². The van der Waals surface area contributed by atoms with Crippen molar-refractivity contribution in [2.45, 2.75) is 45.7 Å². The molecule has 114 valence electrons. The third kappa shape index (κ3) is 4.11. The molecule has 1 atom stereocenters. The predicted octanol–water partition coefficient (Wildman–Crippen LogP) is 3.11. The zero-order chi connectivity index (χ0) is 15.1. The molecule has 1 aromatic carbocycles. The van der Waals surface area contributed by atoms with Crippen LogP contribution in [0, 0.1) is 5.82 Å². The van der Waals surface area contributed by atoms with E-state index >= 15 is 0 Å². The normalized spacial score (nSPS) is 12.5. The SMILES string of the molecule is CCCNC(Cc1ncnn1CCC)c1ccccc1F. The summed E-state index contributed by atoms with van der Waals surface area (Å²) in [6, 6.07) is 6.85. The van der Waals surface area contributed by atoms with Crippen molar-refractivity contribution in [2.24, 2.45) is 0 Å². The van der Waals surface area contributed by atoms with Crippen LogP contribution in [0.1, 0.15) is 44.1 Å². The highest BCUT2D eigenvalue weighted by Gasteiger charge is 2.18. The minimum Gasteiger partial charge on any atom is -0.309 e. The van der Waals surface area contributed by atoms with Crippen LogP contribution in [-0.4, -0.2) is 21.3 Å². The van der Waals surface area contributed by atoms with Crippen molar-refractivity contribution < 1.29 is 4.39 Å². The summed E-state index contributed by atoms with van der Waals surface area (Å²) in [5, 5.41) is 7.65. The zero-order valence-electron chi connectivity index (χ0n) is 12.7. The highest BCUT2D eigenvalue weighted by molar-refractivity contribution is 5.22. The molecule has 0 aliphatic carbocycles. The van der Waals surface area contributed by atoms with Crippen molar-refractivity contribution >= 4 is 0 Å². The fraction of sp³-hybridized carbons (Fsp3) is 0.500. The summed E-state index contributed by atoms with van der Waals surface area (Å²) in [6.45, 7) is 5.90. The van der Waals surface area contributed by atoms with Gasteiger partial charge < -0.3 is 5.32 Å². The smallest absolute Gasteiger partial charge is 0.138 e. The van der Waals surface area contributed by atoms with Crippen molar-refractivity contribution in [3.05, 3.63) is 47.8 Å². The number of nitrogens with one attached hydrogen (secondary N) is 1. The third-order valence-corrected chi connectivity index (χ3v) is 3.44. The molecule has 4 nitrogen and oxygen atoms in total. The summed E-state index contributed by atoms with van der Waals surface area (Å²) < 4.78 is 16.0. The van der Waals surface area contributed by atoms with Crippen molar-refractivity contribution in [2.75, 3.05) is 6.54 Å². The van der Waals surface area contributed by atoms with Gasteiger partial charge in [-0.2, -0.15) is 5.10 Å². The van der Waals surface area contributed by atoms with Crippen molar-refractivity contribution in [1.29, 1.82) is 0 Å². The van der Waals surface area contributed by atoms with Crippen LogP contribution in [0.15, 0.2) is 30.6 Å². The average Bonchev–Trinajstić information content (AvgIpc) is 2.92. The van der Waals surface area contributed by atoms with Gasteiger partial charge in [0.05, 0.1) is 0 Å². The van der Waals surface area contributed by atoms with E-state index in [1.165, 1.54) is 6.07 Å². The Hall–Kier alpha value is -1.75. The van der Waals surface area contributed by atoms with Crippen LogP contribution in [-0.2, 0) is 13.0 Å². The summed E-state index contributed by atoms with van der Waals surface area (Å²) >= 11 is 0. The Morgan fingerprint density at radius 3 is 2.76 bits per heavy atom. The lowest BCUT2D eigenvalue weighted by Gasteiger charge is -2.19. The van der Waals surface area contributed by atoms with Crippen LogP contribution in [0.4, 0.5) is 4.39 Å². The molecule has 0 aliphatic heterocycles. The maximum absolute atomic E-state index is 14.1. The van der Waals surface area contributed by atoms with Gasteiger partial charge in [0, 0.05) is 24.6 Å². The molecule has 0 radical (unpaired) electrons. The van der Waals surface area contributed by atoms with E-state index in [1.807, 2.05) is 16.8 Å². The van der Waals surface area contributed by atoms with Crippen molar-refractivity contribution in [3.63, 3.8) is 0 Å². The molecule has 1 unspecified atom stereocenters. The van der Waals surface area contributed by atoms with Crippen LogP contribution in [0.25, 0.3) is 0 Å². The van der Waals surface area contributed by atoms with E-state index in [-0.39, 0.29) is 11.9 Å². The minimum atomic E-state index is -0.173. The molecule has 0 spiro atoms. The van der Waals surface area contributed by atoms with Gasteiger partial charge in [0.2, 0.25) is 0 Å².